The van der Waals surface area contributed by atoms with Crippen molar-refractivity contribution in [2.24, 2.45) is 5.92 Å². The van der Waals surface area contributed by atoms with Crippen molar-refractivity contribution < 1.29 is 9.53 Å². The molecule has 0 atom stereocenters. The number of rotatable bonds is 5. The van der Waals surface area contributed by atoms with Gasteiger partial charge in [0.05, 0.1) is 10.6 Å². The number of hydrogen-bond donors (Lipinski definition) is 1. The maximum absolute atomic E-state index is 12.6. The smallest absolute Gasteiger partial charge is 0.255 e. The van der Waals surface area contributed by atoms with Crippen LogP contribution >= 0.6 is 11.6 Å². The number of nitrogens with one attached hydrogen (secondary N) is 1. The number of nitrogens with zero attached hydrogens (tertiary/aromatic N) is 2. The largest absolute Gasteiger partial charge is 0.381 e. The second-order valence-corrected chi connectivity index (χ2v) is 5.73. The fourth-order valence-electron chi connectivity index (χ4n) is 2.49. The molecule has 1 saturated heterocycles. The van der Waals surface area contributed by atoms with Crippen LogP contribution in [0.3, 0.4) is 0 Å². The van der Waals surface area contributed by atoms with Crippen LogP contribution in [0.15, 0.2) is 12.3 Å². The average molecular weight is 312 g/mol. The molecule has 1 aliphatic heterocycles. The summed E-state index contributed by atoms with van der Waals surface area (Å²) in [6, 6.07) is 1.72. The first-order valence-electron chi connectivity index (χ1n) is 7.34. The Hall–Kier alpha value is -1.33. The van der Waals surface area contributed by atoms with Gasteiger partial charge in [0.2, 0.25) is 0 Å². The summed E-state index contributed by atoms with van der Waals surface area (Å²) < 4.78 is 5.35. The molecule has 1 fully saturated rings. The van der Waals surface area contributed by atoms with E-state index in [1.807, 2.05) is 14.0 Å². The number of anilines is 1. The van der Waals surface area contributed by atoms with Crippen LogP contribution in [0.1, 0.15) is 30.1 Å². The quantitative estimate of drug-likeness (QED) is 0.908. The molecule has 1 N–H and O–H groups in total. The molecule has 2 rings (SSSR count). The zero-order valence-electron chi connectivity index (χ0n) is 12.6. The zero-order chi connectivity index (χ0) is 15.2. The summed E-state index contributed by atoms with van der Waals surface area (Å²) in [6.45, 7) is 5.03. The first-order valence-corrected chi connectivity index (χ1v) is 7.72. The molecule has 0 bridgehead atoms. The number of pyridine rings is 1. The number of carbonyl (C=O) groups is 1. The van der Waals surface area contributed by atoms with Crippen molar-refractivity contribution in [3.63, 3.8) is 0 Å². The molecule has 1 aromatic rings. The van der Waals surface area contributed by atoms with E-state index in [0.29, 0.717) is 22.3 Å². The number of hydrogen-bond acceptors (Lipinski definition) is 4. The van der Waals surface area contributed by atoms with Gasteiger partial charge in [-0.3, -0.25) is 4.79 Å². The second kappa shape index (κ2) is 7.61. The summed E-state index contributed by atoms with van der Waals surface area (Å²) >= 11 is 6.12. The van der Waals surface area contributed by atoms with Gasteiger partial charge < -0.3 is 15.0 Å². The Bertz CT molecular complexity index is 490. The summed E-state index contributed by atoms with van der Waals surface area (Å²) in [5.41, 5.74) is 0.497. The molecule has 6 heteroatoms. The Balaban J connectivity index is 2.05. The fraction of sp³-hybridized carbons (Fsp3) is 0.600. The SMILES string of the molecule is CCNc1cc(C(=O)N(C)CC2CCOCC2)c(Cl)cn1. The molecule has 1 aliphatic rings. The first-order chi connectivity index (χ1) is 10.1. The molecular formula is C15H22ClN3O2. The third-order valence-electron chi connectivity index (χ3n) is 3.66. The number of carbonyl (C=O) groups excluding carboxylic acids is 1. The lowest BCUT2D eigenvalue weighted by atomic mass is 9.99. The highest BCUT2D eigenvalue weighted by atomic mass is 35.5. The van der Waals surface area contributed by atoms with E-state index in [2.05, 4.69) is 10.3 Å². The van der Waals surface area contributed by atoms with Gasteiger partial charge in [0.1, 0.15) is 5.82 Å². The molecule has 5 nitrogen and oxygen atoms in total. The Morgan fingerprint density at radius 3 is 2.90 bits per heavy atom. The van der Waals surface area contributed by atoms with E-state index in [9.17, 15) is 4.79 Å². The summed E-state index contributed by atoms with van der Waals surface area (Å²) in [7, 11) is 1.82. The predicted molar refractivity (Wildman–Crippen MR) is 83.9 cm³/mol. The number of ether oxygens (including phenoxy) is 1. The summed E-state index contributed by atoms with van der Waals surface area (Å²) in [4.78, 5) is 18.4. The van der Waals surface area contributed by atoms with Gasteiger partial charge in [0.25, 0.3) is 5.91 Å². The lowest BCUT2D eigenvalue weighted by Gasteiger charge is -2.27. The van der Waals surface area contributed by atoms with Gasteiger partial charge in [-0.2, -0.15) is 0 Å². The van der Waals surface area contributed by atoms with Crippen LogP contribution < -0.4 is 5.32 Å². The van der Waals surface area contributed by atoms with Gasteiger partial charge in [-0.25, -0.2) is 4.98 Å². The first kappa shape index (κ1) is 16.0. The van der Waals surface area contributed by atoms with E-state index in [4.69, 9.17) is 16.3 Å². The van der Waals surface area contributed by atoms with Crippen molar-refractivity contribution >= 4 is 23.3 Å². The van der Waals surface area contributed by atoms with Gasteiger partial charge in [0, 0.05) is 39.5 Å². The van der Waals surface area contributed by atoms with Crippen molar-refractivity contribution in [1.29, 1.82) is 0 Å². The third-order valence-corrected chi connectivity index (χ3v) is 3.96. The van der Waals surface area contributed by atoms with Crippen LogP contribution in [0.25, 0.3) is 0 Å². The minimum Gasteiger partial charge on any atom is -0.381 e. The van der Waals surface area contributed by atoms with Crippen molar-refractivity contribution in [2.45, 2.75) is 19.8 Å². The summed E-state index contributed by atoms with van der Waals surface area (Å²) in [5, 5.41) is 3.48. The van der Waals surface area contributed by atoms with Crippen LogP contribution in [-0.4, -0.2) is 49.1 Å². The van der Waals surface area contributed by atoms with Crippen molar-refractivity contribution in [3.05, 3.63) is 22.8 Å². The Morgan fingerprint density at radius 1 is 1.52 bits per heavy atom. The maximum atomic E-state index is 12.6. The van der Waals surface area contributed by atoms with Crippen molar-refractivity contribution in [2.75, 3.05) is 38.7 Å². The minimum atomic E-state index is -0.0620. The molecule has 21 heavy (non-hydrogen) atoms. The summed E-state index contributed by atoms with van der Waals surface area (Å²) in [6.07, 6.45) is 3.53. The molecule has 0 unspecified atom stereocenters. The molecule has 2 heterocycles. The van der Waals surface area contributed by atoms with Gasteiger partial charge >= 0.3 is 0 Å². The summed E-state index contributed by atoms with van der Waals surface area (Å²) in [5.74, 6) is 1.11. The number of halogens is 1. The molecule has 116 valence electrons. The second-order valence-electron chi connectivity index (χ2n) is 5.32. The van der Waals surface area contributed by atoms with Crippen LogP contribution in [0, 0.1) is 5.92 Å². The Labute approximate surface area is 130 Å². The minimum absolute atomic E-state index is 0.0620. The highest BCUT2D eigenvalue weighted by Gasteiger charge is 2.21. The third kappa shape index (κ3) is 4.32. The molecule has 1 amide bonds. The van der Waals surface area contributed by atoms with Crippen LogP contribution in [0.2, 0.25) is 5.02 Å². The van der Waals surface area contributed by atoms with Gasteiger partial charge in [-0.15, -0.1) is 0 Å². The standard InChI is InChI=1S/C15H22ClN3O2/c1-3-17-14-8-12(13(16)9-18-14)15(20)19(2)10-11-4-6-21-7-5-11/h8-9,11H,3-7,10H2,1-2H3,(H,17,18). The van der Waals surface area contributed by atoms with Gasteiger partial charge in [-0.05, 0) is 31.7 Å². The Morgan fingerprint density at radius 2 is 2.24 bits per heavy atom. The van der Waals surface area contributed by atoms with Crippen LogP contribution in [0.4, 0.5) is 5.82 Å². The molecule has 0 aromatic carbocycles. The molecule has 0 aliphatic carbocycles. The van der Waals surface area contributed by atoms with Crippen LogP contribution in [0.5, 0.6) is 0 Å². The molecule has 0 radical (unpaired) electrons. The van der Waals surface area contributed by atoms with E-state index in [-0.39, 0.29) is 5.91 Å². The molecular weight excluding hydrogens is 290 g/mol. The van der Waals surface area contributed by atoms with E-state index < -0.39 is 0 Å². The molecule has 0 spiro atoms. The van der Waals surface area contributed by atoms with Gasteiger partial charge in [0.15, 0.2) is 0 Å². The highest BCUT2D eigenvalue weighted by molar-refractivity contribution is 6.33. The maximum Gasteiger partial charge on any atom is 0.255 e. The normalized spacial score (nSPS) is 15.8. The number of aromatic nitrogens is 1. The topological polar surface area (TPSA) is 54.5 Å². The van der Waals surface area contributed by atoms with Crippen LogP contribution in [-0.2, 0) is 4.74 Å². The monoisotopic (exact) mass is 311 g/mol. The van der Waals surface area contributed by atoms with Crippen molar-refractivity contribution in [3.8, 4) is 0 Å². The predicted octanol–water partition coefficient (Wildman–Crippen LogP) is 2.67. The highest BCUT2D eigenvalue weighted by Crippen LogP contribution is 2.21. The van der Waals surface area contributed by atoms with E-state index in [1.165, 1.54) is 6.20 Å². The molecule has 0 saturated carbocycles. The van der Waals surface area contributed by atoms with E-state index >= 15 is 0 Å². The fourth-order valence-corrected chi connectivity index (χ4v) is 2.67. The Kier molecular flexibility index (Phi) is 5.82. The average Bonchev–Trinajstić information content (AvgIpc) is 2.50. The number of amides is 1. The lowest BCUT2D eigenvalue weighted by Crippen LogP contribution is -2.34. The van der Waals surface area contributed by atoms with Crippen molar-refractivity contribution in [1.82, 2.24) is 9.88 Å². The zero-order valence-corrected chi connectivity index (χ0v) is 13.3. The molecule has 1 aromatic heterocycles. The van der Waals surface area contributed by atoms with E-state index in [0.717, 1.165) is 39.1 Å². The lowest BCUT2D eigenvalue weighted by molar-refractivity contribution is 0.0497. The van der Waals surface area contributed by atoms with Gasteiger partial charge in [-0.1, -0.05) is 11.6 Å². The van der Waals surface area contributed by atoms with E-state index in [1.54, 1.807) is 11.0 Å².